The van der Waals surface area contributed by atoms with Crippen molar-refractivity contribution in [2.75, 3.05) is 0 Å². The second kappa shape index (κ2) is 9.85. The fraction of sp³-hybridized carbons (Fsp3) is 0.346. The predicted octanol–water partition coefficient (Wildman–Crippen LogP) is 4.37. The average molecular weight is 452 g/mol. The van der Waals surface area contributed by atoms with Crippen LogP contribution in [-0.2, 0) is 12.8 Å². The Morgan fingerprint density at radius 1 is 1.15 bits per heavy atom. The third-order valence-electron chi connectivity index (χ3n) is 6.44. The smallest absolute Gasteiger partial charge is 0.185 e. The number of nitrogens with two attached hydrogens (primary N) is 1. The van der Waals surface area contributed by atoms with Crippen LogP contribution in [0.2, 0.25) is 0 Å². The van der Waals surface area contributed by atoms with Crippen LogP contribution in [0.4, 0.5) is 8.78 Å². The average Bonchev–Trinajstić information content (AvgIpc) is 2.82. The van der Waals surface area contributed by atoms with Crippen molar-refractivity contribution < 1.29 is 18.7 Å². The second-order valence-electron chi connectivity index (χ2n) is 8.57. The van der Waals surface area contributed by atoms with Crippen LogP contribution in [-0.4, -0.2) is 33.0 Å². The minimum Gasteiger partial charge on any atom is -0.392 e. The SMILES string of the molecule is CCc1ccc(F)c(-c2cccc(C(=O)Cc3cnccc3[C@@H]3CC[C@H](O)[C@H](N)C3)n2)c1F. The van der Waals surface area contributed by atoms with Gasteiger partial charge in [-0.05, 0) is 72.6 Å². The van der Waals surface area contributed by atoms with E-state index < -0.39 is 17.7 Å². The molecular formula is C26H27F2N3O2. The highest BCUT2D eigenvalue weighted by Crippen LogP contribution is 2.34. The van der Waals surface area contributed by atoms with Crippen LogP contribution in [0.3, 0.4) is 0 Å². The lowest BCUT2D eigenvalue weighted by Crippen LogP contribution is -2.39. The Labute approximate surface area is 191 Å². The lowest BCUT2D eigenvalue weighted by molar-refractivity contribution is 0.0977. The van der Waals surface area contributed by atoms with Crippen LogP contribution in [0.15, 0.2) is 48.8 Å². The fourth-order valence-corrected chi connectivity index (χ4v) is 4.55. The molecule has 0 aliphatic heterocycles. The molecule has 0 saturated heterocycles. The van der Waals surface area contributed by atoms with E-state index in [1.54, 1.807) is 31.5 Å². The zero-order valence-corrected chi connectivity index (χ0v) is 18.5. The Hall–Kier alpha value is -3.03. The lowest BCUT2D eigenvalue weighted by atomic mass is 9.78. The molecule has 0 radical (unpaired) electrons. The van der Waals surface area contributed by atoms with Gasteiger partial charge in [0.05, 0.1) is 17.4 Å². The molecule has 0 bridgehead atoms. The summed E-state index contributed by atoms with van der Waals surface area (Å²) in [6, 6.07) is 8.87. The molecule has 5 nitrogen and oxygen atoms in total. The number of hydrogen-bond acceptors (Lipinski definition) is 5. The van der Waals surface area contributed by atoms with Gasteiger partial charge in [-0.25, -0.2) is 13.8 Å². The number of aromatic nitrogens is 2. The van der Waals surface area contributed by atoms with E-state index in [2.05, 4.69) is 9.97 Å². The molecule has 33 heavy (non-hydrogen) atoms. The number of hydrogen-bond donors (Lipinski definition) is 2. The van der Waals surface area contributed by atoms with Crippen molar-refractivity contribution in [2.24, 2.45) is 5.73 Å². The van der Waals surface area contributed by atoms with Crippen molar-refractivity contribution in [1.82, 2.24) is 9.97 Å². The van der Waals surface area contributed by atoms with E-state index >= 15 is 0 Å². The van der Waals surface area contributed by atoms with Gasteiger partial charge in [0.25, 0.3) is 0 Å². The molecule has 1 aliphatic rings. The van der Waals surface area contributed by atoms with Gasteiger partial charge < -0.3 is 10.8 Å². The van der Waals surface area contributed by atoms with Crippen molar-refractivity contribution in [3.63, 3.8) is 0 Å². The number of nitrogens with zero attached hydrogens (tertiary/aromatic N) is 2. The quantitative estimate of drug-likeness (QED) is 0.544. The number of aliphatic hydroxyl groups is 1. The first kappa shape index (κ1) is 23.1. The first-order valence-corrected chi connectivity index (χ1v) is 11.2. The number of benzene rings is 1. The second-order valence-corrected chi connectivity index (χ2v) is 8.57. The van der Waals surface area contributed by atoms with Crippen LogP contribution in [0.1, 0.15) is 59.3 Å². The standard InChI is InChI=1S/C26H27F2N3O2/c1-2-15-6-8-19(27)25(26(15)28)22-5-3-4-21(31-22)24(33)13-17-14-30-11-10-18(17)16-7-9-23(32)20(29)12-16/h3-6,8,10-11,14,16,20,23,32H,2,7,9,12-13,29H2,1H3/t16-,20-,23+/m1/s1. The normalized spacial score (nSPS) is 20.6. The topological polar surface area (TPSA) is 89.1 Å². The van der Waals surface area contributed by atoms with E-state index in [0.717, 1.165) is 17.5 Å². The summed E-state index contributed by atoms with van der Waals surface area (Å²) in [6.45, 7) is 1.79. The molecule has 7 heteroatoms. The zero-order chi connectivity index (χ0) is 23.5. The summed E-state index contributed by atoms with van der Waals surface area (Å²) in [6.07, 6.45) is 5.35. The summed E-state index contributed by atoms with van der Waals surface area (Å²) in [5.41, 5.74) is 8.22. The number of carbonyl (C=O) groups is 1. The van der Waals surface area contributed by atoms with Gasteiger partial charge in [-0.1, -0.05) is 19.1 Å². The molecule has 4 rings (SSSR count). The summed E-state index contributed by atoms with van der Waals surface area (Å²) >= 11 is 0. The number of Topliss-reactive ketones (excluding diaryl/α,β-unsaturated/α-hetero) is 1. The van der Waals surface area contributed by atoms with Crippen molar-refractivity contribution in [3.8, 4) is 11.3 Å². The Bertz CT molecular complexity index is 1170. The molecule has 0 amide bonds. The van der Waals surface area contributed by atoms with Gasteiger partial charge >= 0.3 is 0 Å². The Morgan fingerprint density at radius 3 is 2.73 bits per heavy atom. The van der Waals surface area contributed by atoms with Crippen LogP contribution >= 0.6 is 0 Å². The zero-order valence-electron chi connectivity index (χ0n) is 18.5. The highest BCUT2D eigenvalue weighted by Gasteiger charge is 2.29. The van der Waals surface area contributed by atoms with E-state index in [4.69, 9.17) is 5.73 Å². The molecule has 3 N–H and O–H groups in total. The van der Waals surface area contributed by atoms with E-state index in [9.17, 15) is 18.7 Å². The minimum atomic E-state index is -0.716. The Kier molecular flexibility index (Phi) is 6.91. The first-order valence-electron chi connectivity index (χ1n) is 11.2. The number of aryl methyl sites for hydroxylation is 1. The number of aliphatic hydroxyl groups excluding tert-OH is 1. The summed E-state index contributed by atoms with van der Waals surface area (Å²) in [7, 11) is 0. The van der Waals surface area contributed by atoms with Crippen LogP contribution < -0.4 is 5.73 Å². The third kappa shape index (κ3) is 4.84. The largest absolute Gasteiger partial charge is 0.392 e. The monoisotopic (exact) mass is 451 g/mol. The first-order chi connectivity index (χ1) is 15.9. The van der Waals surface area contributed by atoms with Gasteiger partial charge in [0.2, 0.25) is 0 Å². The van der Waals surface area contributed by atoms with Crippen molar-refractivity contribution in [2.45, 2.75) is 57.1 Å². The van der Waals surface area contributed by atoms with Gasteiger partial charge in [-0.2, -0.15) is 0 Å². The number of ketones is 1. The van der Waals surface area contributed by atoms with Crippen molar-refractivity contribution in [3.05, 3.63) is 82.8 Å². The highest BCUT2D eigenvalue weighted by molar-refractivity contribution is 5.96. The molecule has 0 unspecified atom stereocenters. The van der Waals surface area contributed by atoms with Gasteiger partial charge in [0, 0.05) is 24.9 Å². The summed E-state index contributed by atoms with van der Waals surface area (Å²) in [5, 5.41) is 9.94. The van der Waals surface area contributed by atoms with E-state index in [-0.39, 0.29) is 41.1 Å². The maximum Gasteiger partial charge on any atom is 0.185 e. The Balaban J connectivity index is 1.61. The van der Waals surface area contributed by atoms with Gasteiger partial charge in [0.1, 0.15) is 17.3 Å². The van der Waals surface area contributed by atoms with Gasteiger partial charge in [-0.3, -0.25) is 9.78 Å². The van der Waals surface area contributed by atoms with Crippen LogP contribution in [0.5, 0.6) is 0 Å². The van der Waals surface area contributed by atoms with Gasteiger partial charge in [-0.15, -0.1) is 0 Å². The summed E-state index contributed by atoms with van der Waals surface area (Å²) in [5.74, 6) is -1.50. The molecule has 3 atom stereocenters. The maximum atomic E-state index is 14.8. The molecule has 2 aromatic heterocycles. The molecule has 1 saturated carbocycles. The predicted molar refractivity (Wildman–Crippen MR) is 122 cm³/mol. The number of carbonyl (C=O) groups excluding carboxylic acids is 1. The highest BCUT2D eigenvalue weighted by atomic mass is 19.1. The molecule has 2 heterocycles. The van der Waals surface area contributed by atoms with Crippen LogP contribution in [0, 0.1) is 11.6 Å². The maximum absolute atomic E-state index is 14.8. The third-order valence-corrected chi connectivity index (χ3v) is 6.44. The summed E-state index contributed by atoms with van der Waals surface area (Å²) in [4.78, 5) is 21.6. The molecule has 1 fully saturated rings. The van der Waals surface area contributed by atoms with E-state index in [0.29, 0.717) is 24.8 Å². The van der Waals surface area contributed by atoms with Crippen LogP contribution in [0.25, 0.3) is 11.3 Å². The Morgan fingerprint density at radius 2 is 1.97 bits per heavy atom. The molecule has 0 spiro atoms. The molecule has 1 aliphatic carbocycles. The molecule has 1 aromatic carbocycles. The molecular weight excluding hydrogens is 424 g/mol. The molecule has 3 aromatic rings. The minimum absolute atomic E-state index is 0.0634. The number of pyridine rings is 2. The lowest BCUT2D eigenvalue weighted by Gasteiger charge is -2.32. The van der Waals surface area contributed by atoms with Crippen molar-refractivity contribution >= 4 is 5.78 Å². The van der Waals surface area contributed by atoms with Crippen molar-refractivity contribution in [1.29, 1.82) is 0 Å². The number of rotatable bonds is 6. The fourth-order valence-electron chi connectivity index (χ4n) is 4.55. The van der Waals surface area contributed by atoms with E-state index in [1.807, 2.05) is 6.07 Å². The van der Waals surface area contributed by atoms with E-state index in [1.165, 1.54) is 18.2 Å². The molecule has 172 valence electrons. The number of halogens is 2. The van der Waals surface area contributed by atoms with Gasteiger partial charge in [0.15, 0.2) is 5.78 Å². The summed E-state index contributed by atoms with van der Waals surface area (Å²) < 4.78 is 29.3.